The summed E-state index contributed by atoms with van der Waals surface area (Å²) in [4.78, 5) is 49.9. The Bertz CT molecular complexity index is 1150. The number of nitrogens with one attached hydrogen (secondary N) is 2. The summed E-state index contributed by atoms with van der Waals surface area (Å²) >= 11 is 0. The number of hydrogen-bond donors (Lipinski definition) is 2. The van der Waals surface area contributed by atoms with E-state index in [1.165, 1.54) is 13.2 Å². The molecule has 0 aliphatic carbocycles. The van der Waals surface area contributed by atoms with Gasteiger partial charge in [-0.3, -0.25) is 19.7 Å². The lowest BCUT2D eigenvalue weighted by Crippen LogP contribution is -2.44. The lowest BCUT2D eigenvalue weighted by molar-refractivity contribution is -0.150. The first-order valence-electron chi connectivity index (χ1n) is 10.5. The average molecular weight is 460 g/mol. The number of hydrogen-bond acceptors (Lipinski definition) is 6. The van der Waals surface area contributed by atoms with Crippen molar-refractivity contribution in [2.75, 3.05) is 13.7 Å². The highest BCUT2D eigenvalue weighted by atomic mass is 16.5. The largest absolute Gasteiger partial charge is 0.496 e. The van der Waals surface area contributed by atoms with Crippen molar-refractivity contribution in [1.29, 1.82) is 0 Å². The van der Waals surface area contributed by atoms with Gasteiger partial charge >= 0.3 is 5.97 Å². The lowest BCUT2D eigenvalue weighted by atomic mass is 10.1. The predicted octanol–water partition coefficient (Wildman–Crippen LogP) is 2.54. The van der Waals surface area contributed by atoms with E-state index in [4.69, 9.17) is 9.47 Å². The van der Waals surface area contributed by atoms with Crippen molar-refractivity contribution in [3.8, 4) is 5.75 Å². The first-order chi connectivity index (χ1) is 16.5. The number of ether oxygens (including phenoxy) is 2. The maximum absolute atomic E-state index is 12.8. The van der Waals surface area contributed by atoms with Gasteiger partial charge in [-0.2, -0.15) is 0 Å². The molecular formula is C26H24N2O6. The lowest BCUT2D eigenvalue weighted by Gasteiger charge is -2.18. The minimum atomic E-state index is -1.03. The van der Waals surface area contributed by atoms with Gasteiger partial charge in [0.05, 0.1) is 12.7 Å². The molecule has 0 radical (unpaired) electrons. The van der Waals surface area contributed by atoms with Crippen LogP contribution >= 0.6 is 0 Å². The van der Waals surface area contributed by atoms with Gasteiger partial charge in [0, 0.05) is 12.0 Å². The van der Waals surface area contributed by atoms with Gasteiger partial charge in [0.15, 0.2) is 6.61 Å². The van der Waals surface area contributed by atoms with E-state index in [0.29, 0.717) is 11.3 Å². The first-order valence-corrected chi connectivity index (χ1v) is 10.5. The summed E-state index contributed by atoms with van der Waals surface area (Å²) in [7, 11) is 1.41. The molecule has 8 heteroatoms. The van der Waals surface area contributed by atoms with Gasteiger partial charge in [-0.1, -0.05) is 60.7 Å². The molecule has 0 heterocycles. The zero-order valence-corrected chi connectivity index (χ0v) is 18.5. The molecule has 3 aromatic rings. The van der Waals surface area contributed by atoms with Crippen molar-refractivity contribution >= 4 is 23.7 Å². The summed E-state index contributed by atoms with van der Waals surface area (Å²) in [6.07, 6.45) is 0.167. The number of imide groups is 1. The summed E-state index contributed by atoms with van der Waals surface area (Å²) in [5, 5.41) is 4.82. The van der Waals surface area contributed by atoms with E-state index in [9.17, 15) is 19.2 Å². The second-order valence-corrected chi connectivity index (χ2v) is 7.27. The van der Waals surface area contributed by atoms with Crippen molar-refractivity contribution in [2.45, 2.75) is 12.5 Å². The SMILES string of the molecule is COc1ccccc1C(=O)NC(=O)COC(=O)[C@@H](Cc1ccccc1)NC(=O)c1ccccc1. The van der Waals surface area contributed by atoms with E-state index in [1.54, 1.807) is 48.5 Å². The van der Waals surface area contributed by atoms with Gasteiger partial charge in [0.25, 0.3) is 17.7 Å². The molecular weight excluding hydrogens is 436 g/mol. The van der Waals surface area contributed by atoms with E-state index < -0.39 is 36.3 Å². The third-order valence-electron chi connectivity index (χ3n) is 4.86. The normalized spacial score (nSPS) is 11.1. The monoisotopic (exact) mass is 460 g/mol. The van der Waals surface area contributed by atoms with Crippen LogP contribution in [0.25, 0.3) is 0 Å². The van der Waals surface area contributed by atoms with Gasteiger partial charge < -0.3 is 14.8 Å². The smallest absolute Gasteiger partial charge is 0.329 e. The van der Waals surface area contributed by atoms with Crippen LogP contribution in [0.5, 0.6) is 5.75 Å². The summed E-state index contributed by atoms with van der Waals surface area (Å²) in [5.74, 6) is -2.44. The van der Waals surface area contributed by atoms with E-state index >= 15 is 0 Å². The summed E-state index contributed by atoms with van der Waals surface area (Å²) in [6.45, 7) is -0.688. The van der Waals surface area contributed by atoms with Crippen molar-refractivity contribution in [3.63, 3.8) is 0 Å². The molecule has 174 valence electrons. The number of benzene rings is 3. The molecule has 0 bridgehead atoms. The van der Waals surface area contributed by atoms with E-state index in [1.807, 2.05) is 30.3 Å². The Morgan fingerprint density at radius 1 is 0.794 bits per heavy atom. The first kappa shape index (κ1) is 24.2. The molecule has 1 atom stereocenters. The molecule has 0 spiro atoms. The van der Waals surface area contributed by atoms with Crippen LogP contribution in [0.4, 0.5) is 0 Å². The fraction of sp³-hybridized carbons (Fsp3) is 0.154. The molecule has 0 aliphatic heterocycles. The highest BCUT2D eigenvalue weighted by Crippen LogP contribution is 2.16. The molecule has 3 aromatic carbocycles. The van der Waals surface area contributed by atoms with Gasteiger partial charge in [0.2, 0.25) is 0 Å². The number of carbonyl (C=O) groups is 4. The quantitative estimate of drug-likeness (QED) is 0.475. The number of amides is 3. The zero-order valence-electron chi connectivity index (χ0n) is 18.5. The number of carbonyl (C=O) groups excluding carboxylic acids is 4. The summed E-state index contributed by atoms with van der Waals surface area (Å²) in [5.41, 5.74) is 1.35. The molecule has 8 nitrogen and oxygen atoms in total. The van der Waals surface area contributed by atoms with Crippen LogP contribution in [0.1, 0.15) is 26.3 Å². The Hall–Kier alpha value is -4.46. The third kappa shape index (κ3) is 6.77. The topological polar surface area (TPSA) is 111 Å². The number of methoxy groups -OCH3 is 1. The molecule has 0 unspecified atom stereocenters. The van der Waals surface area contributed by atoms with Crippen LogP contribution < -0.4 is 15.4 Å². The Morgan fingerprint density at radius 3 is 2.09 bits per heavy atom. The number of esters is 1. The molecule has 0 aliphatic rings. The highest BCUT2D eigenvalue weighted by molar-refractivity contribution is 6.06. The van der Waals surface area contributed by atoms with Gasteiger partial charge in [-0.15, -0.1) is 0 Å². The maximum atomic E-state index is 12.8. The van der Waals surface area contributed by atoms with Gasteiger partial charge in [-0.05, 0) is 29.8 Å². The Morgan fingerprint density at radius 2 is 1.41 bits per heavy atom. The van der Waals surface area contributed by atoms with E-state index in [2.05, 4.69) is 10.6 Å². The highest BCUT2D eigenvalue weighted by Gasteiger charge is 2.25. The van der Waals surface area contributed by atoms with Gasteiger partial charge in [0.1, 0.15) is 11.8 Å². The molecule has 3 amide bonds. The van der Waals surface area contributed by atoms with Crippen LogP contribution in [-0.4, -0.2) is 43.4 Å². The van der Waals surface area contributed by atoms with Crippen LogP contribution in [0, 0.1) is 0 Å². The Balaban J connectivity index is 1.63. The molecule has 3 rings (SSSR count). The molecule has 0 saturated carbocycles. The molecule has 2 N–H and O–H groups in total. The van der Waals surface area contributed by atoms with Crippen molar-refractivity contribution in [2.24, 2.45) is 0 Å². The maximum Gasteiger partial charge on any atom is 0.329 e. The third-order valence-corrected chi connectivity index (χ3v) is 4.86. The van der Waals surface area contributed by atoms with Crippen LogP contribution in [-0.2, 0) is 20.7 Å². The summed E-state index contributed by atoms with van der Waals surface area (Å²) in [6, 6.07) is 22.9. The van der Waals surface area contributed by atoms with Crippen LogP contribution in [0.15, 0.2) is 84.9 Å². The van der Waals surface area contributed by atoms with E-state index in [0.717, 1.165) is 5.56 Å². The van der Waals surface area contributed by atoms with Crippen molar-refractivity contribution in [1.82, 2.24) is 10.6 Å². The van der Waals surface area contributed by atoms with Crippen molar-refractivity contribution < 1.29 is 28.7 Å². The minimum Gasteiger partial charge on any atom is -0.496 e. The molecule has 0 saturated heterocycles. The van der Waals surface area contributed by atoms with Crippen LogP contribution in [0.2, 0.25) is 0 Å². The van der Waals surface area contributed by atoms with Crippen LogP contribution in [0.3, 0.4) is 0 Å². The second kappa shape index (κ2) is 12.0. The Kier molecular flexibility index (Phi) is 8.51. The number of para-hydroxylation sites is 1. The molecule has 0 fully saturated rings. The fourth-order valence-corrected chi connectivity index (χ4v) is 3.17. The Labute approximate surface area is 196 Å². The minimum absolute atomic E-state index is 0.167. The number of rotatable bonds is 9. The predicted molar refractivity (Wildman–Crippen MR) is 124 cm³/mol. The second-order valence-electron chi connectivity index (χ2n) is 7.27. The van der Waals surface area contributed by atoms with Crippen molar-refractivity contribution in [3.05, 3.63) is 102 Å². The van der Waals surface area contributed by atoms with E-state index in [-0.39, 0.29) is 12.0 Å². The average Bonchev–Trinajstić information content (AvgIpc) is 2.87. The fourth-order valence-electron chi connectivity index (χ4n) is 3.17. The van der Waals surface area contributed by atoms with Gasteiger partial charge in [-0.25, -0.2) is 4.79 Å². The molecule has 34 heavy (non-hydrogen) atoms. The molecule has 0 aromatic heterocycles. The standard InChI is InChI=1S/C26H24N2O6/c1-33-22-15-9-8-14-20(22)25(31)28-23(29)17-34-26(32)21(16-18-10-4-2-5-11-18)27-24(30)19-12-6-3-7-13-19/h2-15,21H,16-17H2,1H3,(H,27,30)(H,28,29,31)/t21-/m1/s1. The summed E-state index contributed by atoms with van der Waals surface area (Å²) < 4.78 is 10.2. The zero-order chi connectivity index (χ0) is 24.3.